The minimum absolute atomic E-state index is 0.0379. The number of carbonyl (C=O) groups excluding carboxylic acids is 1. The van der Waals surface area contributed by atoms with Crippen LogP contribution in [0, 0.1) is 6.92 Å². The number of anilines is 2. The van der Waals surface area contributed by atoms with Crippen molar-refractivity contribution >= 4 is 17.3 Å². The number of fused-ring (bicyclic) bond motifs is 1. The van der Waals surface area contributed by atoms with Gasteiger partial charge in [0.2, 0.25) is 0 Å². The van der Waals surface area contributed by atoms with Crippen LogP contribution in [0.15, 0.2) is 78.9 Å². The molecule has 3 aromatic rings. The Morgan fingerprint density at radius 1 is 0.885 bits per heavy atom. The summed E-state index contributed by atoms with van der Waals surface area (Å²) in [6.45, 7) is 4.22. The van der Waals surface area contributed by atoms with Crippen LogP contribution in [0.25, 0.3) is 0 Å². The first-order valence-corrected chi connectivity index (χ1v) is 8.96. The van der Waals surface area contributed by atoms with Gasteiger partial charge in [-0.3, -0.25) is 9.69 Å². The van der Waals surface area contributed by atoms with Crippen LogP contribution in [-0.4, -0.2) is 12.1 Å². The van der Waals surface area contributed by atoms with Gasteiger partial charge in [0.25, 0.3) is 5.91 Å². The largest absolute Gasteiger partial charge is 0.364 e. The van der Waals surface area contributed by atoms with E-state index in [0.29, 0.717) is 5.56 Å². The summed E-state index contributed by atoms with van der Waals surface area (Å²) in [5.41, 5.74) is 4.90. The van der Waals surface area contributed by atoms with Crippen molar-refractivity contribution in [3.05, 3.63) is 95.6 Å². The Bertz CT molecular complexity index is 918. The molecule has 1 N–H and O–H groups in total. The van der Waals surface area contributed by atoms with Gasteiger partial charge in [-0.25, -0.2) is 0 Å². The van der Waals surface area contributed by atoms with Crippen LogP contribution >= 0.6 is 0 Å². The number of nitrogens with zero attached hydrogens (tertiary/aromatic N) is 1. The van der Waals surface area contributed by atoms with Crippen molar-refractivity contribution in [1.29, 1.82) is 0 Å². The smallest absolute Gasteiger partial charge is 0.262 e. The van der Waals surface area contributed by atoms with Crippen molar-refractivity contribution in [3.63, 3.8) is 0 Å². The number of amides is 1. The van der Waals surface area contributed by atoms with E-state index < -0.39 is 0 Å². The van der Waals surface area contributed by atoms with Crippen LogP contribution < -0.4 is 10.2 Å². The van der Waals surface area contributed by atoms with Gasteiger partial charge in [-0.15, -0.1) is 0 Å². The van der Waals surface area contributed by atoms with E-state index >= 15 is 0 Å². The normalized spacial score (nSPS) is 17.4. The van der Waals surface area contributed by atoms with Crippen LogP contribution in [0.2, 0.25) is 0 Å². The SMILES string of the molecule is Cc1ccc(N2C(=O)c3ccccc3N[C@H]2[C@H](C)c2ccccc2)cc1. The van der Waals surface area contributed by atoms with Gasteiger partial charge < -0.3 is 5.32 Å². The van der Waals surface area contributed by atoms with Crippen molar-refractivity contribution in [2.45, 2.75) is 25.9 Å². The number of benzene rings is 3. The highest BCUT2D eigenvalue weighted by atomic mass is 16.2. The van der Waals surface area contributed by atoms with E-state index in [9.17, 15) is 4.79 Å². The first-order valence-electron chi connectivity index (χ1n) is 8.96. The lowest BCUT2D eigenvalue weighted by atomic mass is 9.93. The van der Waals surface area contributed by atoms with E-state index in [-0.39, 0.29) is 18.0 Å². The second-order valence-electron chi connectivity index (χ2n) is 6.84. The quantitative estimate of drug-likeness (QED) is 0.710. The fourth-order valence-electron chi connectivity index (χ4n) is 3.55. The molecule has 3 aromatic carbocycles. The second-order valence-corrected chi connectivity index (χ2v) is 6.84. The number of hydrogen-bond donors (Lipinski definition) is 1. The molecule has 2 atom stereocenters. The maximum Gasteiger partial charge on any atom is 0.262 e. The van der Waals surface area contributed by atoms with Crippen LogP contribution in [0.5, 0.6) is 0 Å². The number of rotatable bonds is 3. The maximum absolute atomic E-state index is 13.3. The van der Waals surface area contributed by atoms with Crippen molar-refractivity contribution in [1.82, 2.24) is 0 Å². The summed E-state index contributed by atoms with van der Waals surface area (Å²) in [6, 6.07) is 26.2. The molecule has 0 aromatic heterocycles. The van der Waals surface area contributed by atoms with Gasteiger partial charge in [-0.05, 0) is 36.8 Å². The lowest BCUT2D eigenvalue weighted by molar-refractivity contribution is 0.0972. The molecular formula is C23H22N2O. The molecule has 0 saturated carbocycles. The molecular weight excluding hydrogens is 320 g/mol. The number of carbonyl (C=O) groups is 1. The van der Waals surface area contributed by atoms with Crippen molar-refractivity contribution in [2.24, 2.45) is 0 Å². The van der Waals surface area contributed by atoms with Crippen LogP contribution in [0.1, 0.15) is 34.3 Å². The zero-order valence-electron chi connectivity index (χ0n) is 15.0. The lowest BCUT2D eigenvalue weighted by Crippen LogP contribution is -2.51. The molecule has 0 fully saturated rings. The van der Waals surface area contributed by atoms with Crippen LogP contribution in [0.3, 0.4) is 0 Å². The third kappa shape index (κ3) is 2.86. The van der Waals surface area contributed by atoms with E-state index in [1.807, 2.05) is 71.6 Å². The summed E-state index contributed by atoms with van der Waals surface area (Å²) >= 11 is 0. The topological polar surface area (TPSA) is 32.3 Å². The Morgan fingerprint density at radius 3 is 2.27 bits per heavy atom. The van der Waals surface area contributed by atoms with Crippen LogP contribution in [0.4, 0.5) is 11.4 Å². The van der Waals surface area contributed by atoms with Crippen molar-refractivity contribution < 1.29 is 4.79 Å². The average Bonchev–Trinajstić information content (AvgIpc) is 2.69. The van der Waals surface area contributed by atoms with E-state index in [1.54, 1.807) is 0 Å². The minimum Gasteiger partial charge on any atom is -0.364 e. The Balaban J connectivity index is 1.81. The summed E-state index contributed by atoms with van der Waals surface area (Å²) in [7, 11) is 0. The standard InChI is InChI=1S/C23H22N2O/c1-16-12-14-19(15-13-16)25-22(17(2)18-8-4-3-5-9-18)24-21-11-7-6-10-20(21)23(25)26/h3-15,17,22,24H,1-2H3/t17-,22-/m1/s1. The third-order valence-electron chi connectivity index (χ3n) is 5.07. The predicted molar refractivity (Wildman–Crippen MR) is 107 cm³/mol. The summed E-state index contributed by atoms with van der Waals surface area (Å²) in [5.74, 6) is 0.172. The summed E-state index contributed by atoms with van der Waals surface area (Å²) in [4.78, 5) is 15.2. The fourth-order valence-corrected chi connectivity index (χ4v) is 3.55. The summed E-state index contributed by atoms with van der Waals surface area (Å²) in [5, 5.41) is 3.59. The minimum atomic E-state index is -0.150. The summed E-state index contributed by atoms with van der Waals surface area (Å²) in [6.07, 6.45) is -0.150. The monoisotopic (exact) mass is 342 g/mol. The molecule has 4 rings (SSSR count). The highest BCUT2D eigenvalue weighted by molar-refractivity contribution is 6.12. The molecule has 0 radical (unpaired) electrons. The van der Waals surface area contributed by atoms with Gasteiger partial charge >= 0.3 is 0 Å². The molecule has 0 aliphatic carbocycles. The van der Waals surface area contributed by atoms with Gasteiger partial charge in [0.15, 0.2) is 0 Å². The average molecular weight is 342 g/mol. The highest BCUT2D eigenvalue weighted by Gasteiger charge is 2.36. The maximum atomic E-state index is 13.3. The Morgan fingerprint density at radius 2 is 1.54 bits per heavy atom. The molecule has 0 bridgehead atoms. The molecule has 26 heavy (non-hydrogen) atoms. The Hall–Kier alpha value is -3.07. The molecule has 3 heteroatoms. The molecule has 1 aliphatic rings. The number of hydrogen-bond acceptors (Lipinski definition) is 2. The number of aryl methyl sites for hydroxylation is 1. The van der Waals surface area contributed by atoms with Crippen molar-refractivity contribution in [3.8, 4) is 0 Å². The predicted octanol–water partition coefficient (Wildman–Crippen LogP) is 5.20. The van der Waals surface area contributed by atoms with E-state index in [1.165, 1.54) is 11.1 Å². The van der Waals surface area contributed by atoms with Gasteiger partial charge in [0, 0.05) is 17.3 Å². The first-order chi connectivity index (χ1) is 12.6. The lowest BCUT2D eigenvalue weighted by Gasteiger charge is -2.41. The van der Waals surface area contributed by atoms with Gasteiger partial charge in [0.05, 0.1) is 5.56 Å². The molecule has 1 aliphatic heterocycles. The van der Waals surface area contributed by atoms with Gasteiger partial charge in [0.1, 0.15) is 6.17 Å². The third-order valence-corrected chi connectivity index (χ3v) is 5.07. The van der Waals surface area contributed by atoms with Gasteiger partial charge in [-0.2, -0.15) is 0 Å². The number of nitrogens with one attached hydrogen (secondary N) is 1. The summed E-state index contributed by atoms with van der Waals surface area (Å²) < 4.78 is 0. The van der Waals surface area contributed by atoms with Crippen LogP contribution in [-0.2, 0) is 0 Å². The second kappa shape index (κ2) is 6.68. The first kappa shape index (κ1) is 16.4. The zero-order valence-corrected chi connectivity index (χ0v) is 15.0. The molecule has 0 unspecified atom stereocenters. The van der Waals surface area contributed by atoms with E-state index in [0.717, 1.165) is 11.4 Å². The van der Waals surface area contributed by atoms with E-state index in [4.69, 9.17) is 0 Å². The molecule has 130 valence electrons. The molecule has 3 nitrogen and oxygen atoms in total. The van der Waals surface area contributed by atoms with Crippen molar-refractivity contribution in [2.75, 3.05) is 10.2 Å². The Labute approximate surface area is 154 Å². The Kier molecular flexibility index (Phi) is 4.21. The van der Waals surface area contributed by atoms with E-state index in [2.05, 4.69) is 31.3 Å². The zero-order chi connectivity index (χ0) is 18.1. The molecule has 0 spiro atoms. The molecule has 1 amide bonds. The molecule has 1 heterocycles. The fraction of sp³-hybridized carbons (Fsp3) is 0.174. The number of para-hydroxylation sites is 1. The highest BCUT2D eigenvalue weighted by Crippen LogP contribution is 2.35. The molecule has 0 saturated heterocycles. The van der Waals surface area contributed by atoms with Gasteiger partial charge in [-0.1, -0.05) is 67.1 Å².